The van der Waals surface area contributed by atoms with Gasteiger partial charge in [-0.1, -0.05) is 93.6 Å². The molecule has 0 radical (unpaired) electrons. The molecule has 5 rings (SSSR count). The number of fused-ring (bicyclic) bond motifs is 1. The fraction of sp³-hybridized carbons (Fsp3) is 0.138. The number of hydrogen-bond acceptors (Lipinski definition) is 4. The Labute approximate surface area is 203 Å². The van der Waals surface area contributed by atoms with Crippen molar-refractivity contribution in [2.75, 3.05) is 5.32 Å². The fourth-order valence-electron chi connectivity index (χ4n) is 3.89. The second-order valence-corrected chi connectivity index (χ2v) is 10.1. The van der Waals surface area contributed by atoms with Crippen molar-refractivity contribution in [2.45, 2.75) is 26.2 Å². The van der Waals surface area contributed by atoms with Crippen LogP contribution >= 0.6 is 11.3 Å². The first-order valence-electron chi connectivity index (χ1n) is 11.2. The highest BCUT2D eigenvalue weighted by Crippen LogP contribution is 2.30. The molecule has 0 aliphatic carbocycles. The number of benzene rings is 3. The highest BCUT2D eigenvalue weighted by atomic mass is 32.1. The van der Waals surface area contributed by atoms with Gasteiger partial charge in [0.15, 0.2) is 5.13 Å². The van der Waals surface area contributed by atoms with Crippen LogP contribution in [0.5, 0.6) is 0 Å². The monoisotopic (exact) mass is 463 g/mol. The van der Waals surface area contributed by atoms with E-state index in [2.05, 4.69) is 55.3 Å². The van der Waals surface area contributed by atoms with Gasteiger partial charge in [-0.3, -0.25) is 10.1 Å². The van der Waals surface area contributed by atoms with Crippen molar-refractivity contribution in [3.8, 4) is 22.5 Å². The van der Waals surface area contributed by atoms with Gasteiger partial charge in [0.05, 0.1) is 22.5 Å². The summed E-state index contributed by atoms with van der Waals surface area (Å²) in [6.07, 6.45) is 0. The van der Waals surface area contributed by atoms with Crippen LogP contribution in [0.1, 0.15) is 36.7 Å². The van der Waals surface area contributed by atoms with E-state index < -0.39 is 0 Å². The zero-order chi connectivity index (χ0) is 23.7. The molecule has 4 nitrogen and oxygen atoms in total. The predicted molar refractivity (Wildman–Crippen MR) is 141 cm³/mol. The van der Waals surface area contributed by atoms with Gasteiger partial charge in [0.1, 0.15) is 0 Å². The van der Waals surface area contributed by atoms with Crippen molar-refractivity contribution in [3.05, 3.63) is 101 Å². The van der Waals surface area contributed by atoms with E-state index in [9.17, 15) is 4.79 Å². The van der Waals surface area contributed by atoms with Gasteiger partial charge >= 0.3 is 0 Å². The lowest BCUT2D eigenvalue weighted by molar-refractivity contribution is 0.102. The van der Waals surface area contributed by atoms with Gasteiger partial charge in [0.2, 0.25) is 0 Å². The molecule has 0 bridgehead atoms. The summed E-state index contributed by atoms with van der Waals surface area (Å²) in [4.78, 5) is 22.8. The number of anilines is 1. The van der Waals surface area contributed by atoms with E-state index in [1.807, 2.05) is 66.0 Å². The summed E-state index contributed by atoms with van der Waals surface area (Å²) in [5.41, 5.74) is 6.37. The number of nitrogens with one attached hydrogen (secondary N) is 1. The first-order valence-corrected chi connectivity index (χ1v) is 12.1. The van der Waals surface area contributed by atoms with Crippen molar-refractivity contribution >= 4 is 33.3 Å². The molecule has 0 saturated carbocycles. The molecule has 168 valence electrons. The molecule has 0 unspecified atom stereocenters. The number of nitrogens with zero attached hydrogens (tertiary/aromatic N) is 2. The Kier molecular flexibility index (Phi) is 5.72. The van der Waals surface area contributed by atoms with Crippen molar-refractivity contribution in [1.82, 2.24) is 9.97 Å². The van der Waals surface area contributed by atoms with Gasteiger partial charge in [0.25, 0.3) is 5.91 Å². The molecular formula is C29H25N3OS. The number of hydrogen-bond donors (Lipinski definition) is 1. The standard InChI is InChI=1S/C29H25N3OS/c1-29(2,3)21-15-13-20(14-16-21)26-18-34-28(31-26)32-27(33)23-17-25(19-9-5-4-6-10-19)30-24-12-8-7-11-22(23)24/h4-18H,1-3H3,(H,31,32,33). The summed E-state index contributed by atoms with van der Waals surface area (Å²) >= 11 is 1.42. The Morgan fingerprint density at radius 1 is 0.794 bits per heavy atom. The average Bonchev–Trinajstić information content (AvgIpc) is 3.32. The minimum Gasteiger partial charge on any atom is -0.298 e. The number of amides is 1. The number of carbonyl (C=O) groups excluding carboxylic acids is 1. The summed E-state index contributed by atoms with van der Waals surface area (Å²) in [5.74, 6) is -0.195. The molecule has 0 aliphatic rings. The van der Waals surface area contributed by atoms with E-state index in [1.54, 1.807) is 0 Å². The van der Waals surface area contributed by atoms with Crippen LogP contribution in [0.15, 0.2) is 90.3 Å². The van der Waals surface area contributed by atoms with Gasteiger partial charge < -0.3 is 0 Å². The first kappa shape index (κ1) is 22.0. The van der Waals surface area contributed by atoms with Crippen LogP contribution in [0.4, 0.5) is 5.13 Å². The zero-order valence-electron chi connectivity index (χ0n) is 19.4. The molecule has 3 aromatic carbocycles. The third-order valence-corrected chi connectivity index (χ3v) is 6.56. The maximum absolute atomic E-state index is 13.3. The summed E-state index contributed by atoms with van der Waals surface area (Å²) in [5, 5.41) is 6.35. The lowest BCUT2D eigenvalue weighted by atomic mass is 9.86. The normalized spacial score (nSPS) is 11.5. The third-order valence-electron chi connectivity index (χ3n) is 5.80. The third kappa shape index (κ3) is 4.47. The molecule has 5 aromatic rings. The summed E-state index contributed by atoms with van der Waals surface area (Å²) in [6.45, 7) is 6.60. The van der Waals surface area contributed by atoms with E-state index in [0.29, 0.717) is 10.7 Å². The van der Waals surface area contributed by atoms with E-state index in [1.165, 1.54) is 16.9 Å². The van der Waals surface area contributed by atoms with Crippen LogP contribution in [-0.4, -0.2) is 15.9 Å². The van der Waals surface area contributed by atoms with Gasteiger partial charge in [-0.2, -0.15) is 0 Å². The Hall–Kier alpha value is -3.83. The molecule has 1 N–H and O–H groups in total. The number of pyridine rings is 1. The van der Waals surface area contributed by atoms with Gasteiger partial charge in [-0.25, -0.2) is 9.97 Å². The van der Waals surface area contributed by atoms with Crippen molar-refractivity contribution in [3.63, 3.8) is 0 Å². The second-order valence-electron chi connectivity index (χ2n) is 9.26. The Morgan fingerprint density at radius 3 is 2.21 bits per heavy atom. The highest BCUT2D eigenvalue weighted by molar-refractivity contribution is 7.14. The predicted octanol–water partition coefficient (Wildman–Crippen LogP) is 7.58. The van der Waals surface area contributed by atoms with Gasteiger partial charge in [-0.15, -0.1) is 11.3 Å². The van der Waals surface area contributed by atoms with E-state index in [0.717, 1.165) is 33.4 Å². The summed E-state index contributed by atoms with van der Waals surface area (Å²) < 4.78 is 0. The van der Waals surface area contributed by atoms with Crippen LogP contribution in [-0.2, 0) is 5.41 Å². The molecule has 0 fully saturated rings. The Balaban J connectivity index is 1.44. The fourth-order valence-corrected chi connectivity index (χ4v) is 4.60. The average molecular weight is 464 g/mol. The van der Waals surface area contributed by atoms with Crippen LogP contribution in [0.25, 0.3) is 33.4 Å². The second kappa shape index (κ2) is 8.84. The molecular weight excluding hydrogens is 438 g/mol. The number of thiazole rings is 1. The number of carbonyl (C=O) groups is 1. The highest BCUT2D eigenvalue weighted by Gasteiger charge is 2.17. The largest absolute Gasteiger partial charge is 0.298 e. The maximum Gasteiger partial charge on any atom is 0.258 e. The quantitative estimate of drug-likeness (QED) is 0.299. The van der Waals surface area contributed by atoms with Crippen LogP contribution < -0.4 is 5.32 Å². The van der Waals surface area contributed by atoms with Crippen molar-refractivity contribution in [1.29, 1.82) is 0 Å². The van der Waals surface area contributed by atoms with E-state index >= 15 is 0 Å². The van der Waals surface area contributed by atoms with E-state index in [4.69, 9.17) is 4.98 Å². The molecule has 5 heteroatoms. The minimum absolute atomic E-state index is 0.103. The number of para-hydroxylation sites is 1. The van der Waals surface area contributed by atoms with Crippen LogP contribution in [0.3, 0.4) is 0 Å². The molecule has 2 aromatic heterocycles. The summed E-state index contributed by atoms with van der Waals surface area (Å²) in [7, 11) is 0. The minimum atomic E-state index is -0.195. The topological polar surface area (TPSA) is 54.9 Å². The van der Waals surface area contributed by atoms with Crippen molar-refractivity contribution < 1.29 is 4.79 Å². The molecule has 0 spiro atoms. The van der Waals surface area contributed by atoms with Crippen LogP contribution in [0.2, 0.25) is 0 Å². The van der Waals surface area contributed by atoms with Crippen molar-refractivity contribution in [2.24, 2.45) is 0 Å². The molecule has 34 heavy (non-hydrogen) atoms. The first-order chi connectivity index (χ1) is 16.4. The number of rotatable bonds is 4. The lowest BCUT2D eigenvalue weighted by Gasteiger charge is -2.18. The molecule has 1 amide bonds. The molecule has 0 saturated heterocycles. The zero-order valence-corrected chi connectivity index (χ0v) is 20.2. The van der Waals surface area contributed by atoms with E-state index in [-0.39, 0.29) is 11.3 Å². The summed E-state index contributed by atoms with van der Waals surface area (Å²) in [6, 6.07) is 27.9. The van der Waals surface area contributed by atoms with Gasteiger partial charge in [-0.05, 0) is 23.1 Å². The van der Waals surface area contributed by atoms with Crippen LogP contribution in [0, 0.1) is 0 Å². The maximum atomic E-state index is 13.3. The lowest BCUT2D eigenvalue weighted by Crippen LogP contribution is -2.13. The Morgan fingerprint density at radius 2 is 1.47 bits per heavy atom. The number of aromatic nitrogens is 2. The molecule has 0 aliphatic heterocycles. The molecule has 0 atom stereocenters. The smallest absolute Gasteiger partial charge is 0.258 e. The van der Waals surface area contributed by atoms with Gasteiger partial charge in [0, 0.05) is 21.9 Å². The Bertz CT molecular complexity index is 1470. The SMILES string of the molecule is CC(C)(C)c1ccc(-c2csc(NC(=O)c3cc(-c4ccccc4)nc4ccccc34)n2)cc1. The molecule has 2 heterocycles.